The highest BCUT2D eigenvalue weighted by molar-refractivity contribution is 5.79. The molecule has 13 nitrogen and oxygen atoms in total. The van der Waals surface area contributed by atoms with E-state index in [-0.39, 0.29) is 37.3 Å². The number of cyclic esters (lactones) is 1. The number of amides is 1. The Labute approximate surface area is 278 Å². The third kappa shape index (κ3) is 6.50. The lowest BCUT2D eigenvalue weighted by molar-refractivity contribution is -0.141. The van der Waals surface area contributed by atoms with Gasteiger partial charge in [-0.3, -0.25) is 4.79 Å². The van der Waals surface area contributed by atoms with Crippen LogP contribution in [0.25, 0.3) is 0 Å². The Morgan fingerprint density at radius 3 is 2.19 bits per heavy atom. The lowest BCUT2D eigenvalue weighted by atomic mass is 9.66. The molecule has 6 rings (SSSR count). The largest absolute Gasteiger partial charge is 0.514 e. The first-order chi connectivity index (χ1) is 23.2. The van der Waals surface area contributed by atoms with Crippen LogP contribution in [0, 0.1) is 11.8 Å². The fourth-order valence-corrected chi connectivity index (χ4v) is 6.31. The summed E-state index contributed by atoms with van der Waals surface area (Å²) in [4.78, 5) is 43.0. The van der Waals surface area contributed by atoms with Crippen LogP contribution in [0.3, 0.4) is 0 Å². The zero-order valence-electron chi connectivity index (χ0n) is 27.4. The lowest BCUT2D eigenvalue weighted by Crippen LogP contribution is -2.40. The van der Waals surface area contributed by atoms with Crippen molar-refractivity contribution in [2.24, 2.45) is 11.8 Å². The number of carbonyl (C=O) groups is 3. The Hall–Kier alpha value is -5.17. The molecule has 0 saturated carbocycles. The molecule has 3 aromatic carbocycles. The van der Waals surface area contributed by atoms with Gasteiger partial charge in [-0.1, -0.05) is 30.3 Å². The normalized spacial score (nSPS) is 20.3. The van der Waals surface area contributed by atoms with E-state index >= 15 is 0 Å². The highest BCUT2D eigenvalue weighted by Gasteiger charge is 2.54. The molecule has 254 valence electrons. The molecule has 2 heterocycles. The van der Waals surface area contributed by atoms with E-state index in [0.717, 1.165) is 5.56 Å². The van der Waals surface area contributed by atoms with Gasteiger partial charge in [0.1, 0.15) is 12.7 Å². The molecule has 2 aliphatic heterocycles. The Morgan fingerprint density at radius 2 is 1.54 bits per heavy atom. The van der Waals surface area contributed by atoms with Crippen LogP contribution in [0.5, 0.6) is 28.7 Å². The molecule has 3 aromatic rings. The maximum absolute atomic E-state index is 13.5. The molecular weight excluding hydrogens is 624 g/mol. The van der Waals surface area contributed by atoms with E-state index in [1.54, 1.807) is 25.2 Å². The summed E-state index contributed by atoms with van der Waals surface area (Å²) < 4.78 is 45.4. The fourth-order valence-electron chi connectivity index (χ4n) is 6.31. The van der Waals surface area contributed by atoms with Crippen LogP contribution in [-0.2, 0) is 25.6 Å². The van der Waals surface area contributed by atoms with Gasteiger partial charge < -0.3 is 47.7 Å². The number of benzene rings is 3. The van der Waals surface area contributed by atoms with Crippen LogP contribution in [-0.4, -0.2) is 89.9 Å². The highest BCUT2D eigenvalue weighted by atomic mass is 16.7. The summed E-state index contributed by atoms with van der Waals surface area (Å²) in [6, 6.07) is 16.2. The van der Waals surface area contributed by atoms with Crippen molar-refractivity contribution in [3.63, 3.8) is 0 Å². The number of hydrogen-bond donors (Lipinski definition) is 0. The average molecular weight is 663 g/mol. The predicted molar refractivity (Wildman–Crippen MR) is 170 cm³/mol. The second-order valence-corrected chi connectivity index (χ2v) is 12.0. The first-order valence-corrected chi connectivity index (χ1v) is 15.5. The highest BCUT2D eigenvalue weighted by Crippen LogP contribution is 2.56. The summed E-state index contributed by atoms with van der Waals surface area (Å²) >= 11 is 0. The van der Waals surface area contributed by atoms with Crippen LogP contribution in [0.1, 0.15) is 34.3 Å². The molecule has 4 atom stereocenters. The number of carbonyl (C=O) groups excluding carboxylic acids is 3. The Kier molecular flexibility index (Phi) is 9.49. The Morgan fingerprint density at radius 1 is 0.875 bits per heavy atom. The molecule has 1 aliphatic carbocycles. The topological polar surface area (TPSA) is 132 Å². The number of hydrogen-bond acceptors (Lipinski definition) is 12. The molecule has 13 heteroatoms. The average Bonchev–Trinajstić information content (AvgIpc) is 3.71. The van der Waals surface area contributed by atoms with E-state index in [1.165, 1.54) is 19.1 Å². The second kappa shape index (κ2) is 13.9. The summed E-state index contributed by atoms with van der Waals surface area (Å²) in [7, 11) is 8.38. The molecule has 1 amide bonds. The van der Waals surface area contributed by atoms with Crippen molar-refractivity contribution in [1.82, 2.24) is 9.80 Å². The van der Waals surface area contributed by atoms with E-state index in [1.807, 2.05) is 55.4 Å². The summed E-state index contributed by atoms with van der Waals surface area (Å²) in [6.45, 7) is 1.20. The number of nitrogens with zero attached hydrogens (tertiary/aromatic N) is 2. The molecular formula is C35H38N2O11. The van der Waals surface area contributed by atoms with E-state index in [2.05, 4.69) is 0 Å². The molecule has 0 aromatic heterocycles. The summed E-state index contributed by atoms with van der Waals surface area (Å²) in [5.41, 5.74) is 2.77. The van der Waals surface area contributed by atoms with Gasteiger partial charge in [0.2, 0.25) is 12.5 Å². The van der Waals surface area contributed by atoms with Crippen LogP contribution in [0.4, 0.5) is 9.59 Å². The second-order valence-electron chi connectivity index (χ2n) is 12.0. The third-order valence-electron chi connectivity index (χ3n) is 8.77. The zero-order chi connectivity index (χ0) is 33.9. The van der Waals surface area contributed by atoms with Gasteiger partial charge in [0.05, 0.1) is 26.7 Å². The van der Waals surface area contributed by atoms with Gasteiger partial charge in [-0.25, -0.2) is 9.59 Å². The number of methoxy groups -OCH3 is 2. The summed E-state index contributed by atoms with van der Waals surface area (Å²) in [5, 5.41) is 0. The maximum atomic E-state index is 13.5. The van der Waals surface area contributed by atoms with Crippen LogP contribution >= 0.6 is 0 Å². The number of rotatable bonds is 10. The zero-order valence-corrected chi connectivity index (χ0v) is 27.4. The SMILES string of the molecule is COc1cc([C@@H]2c3cc4c(cc3[C@@H](OC(=O)N(C)CCN(C)C)[C@@H]3COC(=O)[C@@H]23)OCO4)cc(OC)c1OC(=O)OCc1ccccc1. The first kappa shape index (κ1) is 32.8. The maximum Gasteiger partial charge on any atom is 0.514 e. The number of esters is 1. The van der Waals surface area contributed by atoms with Gasteiger partial charge >= 0.3 is 18.2 Å². The summed E-state index contributed by atoms with van der Waals surface area (Å²) in [6.07, 6.45) is -2.27. The van der Waals surface area contributed by atoms with Crippen LogP contribution in [0.15, 0.2) is 54.6 Å². The monoisotopic (exact) mass is 662 g/mol. The Bertz CT molecular complexity index is 1650. The van der Waals surface area contributed by atoms with E-state index < -0.39 is 42.1 Å². The first-order valence-electron chi connectivity index (χ1n) is 15.5. The Balaban J connectivity index is 1.36. The predicted octanol–water partition coefficient (Wildman–Crippen LogP) is 4.75. The minimum atomic E-state index is -0.946. The van der Waals surface area contributed by atoms with E-state index in [4.69, 9.17) is 37.9 Å². The molecule has 0 bridgehead atoms. The molecule has 1 saturated heterocycles. The lowest BCUT2D eigenvalue weighted by Gasteiger charge is -2.39. The number of fused-ring (bicyclic) bond motifs is 3. The molecule has 0 spiro atoms. The van der Waals surface area contributed by atoms with Crippen LogP contribution < -0.4 is 23.7 Å². The molecule has 0 unspecified atom stereocenters. The van der Waals surface area contributed by atoms with Gasteiger partial charge in [-0.2, -0.15) is 0 Å². The fraction of sp³-hybridized carbons (Fsp3) is 0.400. The van der Waals surface area contributed by atoms with Crippen LogP contribution in [0.2, 0.25) is 0 Å². The van der Waals surface area contributed by atoms with E-state index in [9.17, 15) is 14.4 Å². The third-order valence-corrected chi connectivity index (χ3v) is 8.77. The number of ether oxygens (including phenoxy) is 8. The van der Waals surface area contributed by atoms with Crippen molar-refractivity contribution >= 4 is 18.2 Å². The quantitative estimate of drug-likeness (QED) is 0.169. The molecule has 48 heavy (non-hydrogen) atoms. The van der Waals surface area contributed by atoms with Crippen molar-refractivity contribution in [2.75, 3.05) is 61.9 Å². The van der Waals surface area contributed by atoms with Gasteiger partial charge in [0, 0.05) is 37.5 Å². The molecule has 0 N–H and O–H groups in total. The summed E-state index contributed by atoms with van der Waals surface area (Å²) in [5.74, 6) is -0.896. The minimum absolute atomic E-state index is 0.0136. The van der Waals surface area contributed by atoms with Crippen molar-refractivity contribution < 1.29 is 52.3 Å². The van der Waals surface area contributed by atoms with Crippen molar-refractivity contribution in [1.29, 1.82) is 0 Å². The standard InChI is InChI=1S/C35H38N2O11/c1-36(2)11-12-37(3)34(39)47-31-23-16-26-25(45-19-46-26)15-22(23)29(30-24(31)18-43-33(30)38)21-13-27(41-4)32(28(14-21)42-5)48-35(40)44-17-20-9-7-6-8-10-20/h6-10,13-16,24,29-31H,11-12,17-19H2,1-5H3/t24-,29-,30-,31-/m1/s1. The van der Waals surface area contributed by atoms with Crippen molar-refractivity contribution in [3.8, 4) is 28.7 Å². The molecule has 0 radical (unpaired) electrons. The smallest absolute Gasteiger partial charge is 0.493 e. The molecule has 1 fully saturated rings. The molecule has 3 aliphatic rings. The van der Waals surface area contributed by atoms with Gasteiger partial charge in [0.25, 0.3) is 0 Å². The minimum Gasteiger partial charge on any atom is -0.493 e. The van der Waals surface area contributed by atoms with E-state index in [0.29, 0.717) is 41.3 Å². The van der Waals surface area contributed by atoms with Gasteiger partial charge in [-0.15, -0.1) is 0 Å². The number of likely N-dealkylation sites (N-methyl/N-ethyl adjacent to an activating group) is 2. The van der Waals surface area contributed by atoms with Crippen molar-refractivity contribution in [3.05, 3.63) is 76.9 Å². The van der Waals surface area contributed by atoms with Crippen molar-refractivity contribution in [2.45, 2.75) is 18.6 Å². The van der Waals surface area contributed by atoms with Gasteiger partial charge in [-0.05, 0) is 55.1 Å². The van der Waals surface area contributed by atoms with Gasteiger partial charge in [0.15, 0.2) is 23.0 Å².